The third-order valence-electron chi connectivity index (χ3n) is 2.10. The van der Waals surface area contributed by atoms with Crippen molar-refractivity contribution >= 4 is 5.97 Å². The molecule has 1 aliphatic rings. The molecule has 1 rings (SSSR count). The predicted octanol–water partition coefficient (Wildman–Crippen LogP) is -1.62. The van der Waals surface area contributed by atoms with E-state index in [1.807, 2.05) is 0 Å². The van der Waals surface area contributed by atoms with E-state index >= 15 is 0 Å². The second kappa shape index (κ2) is 4.22. The van der Waals surface area contributed by atoms with Crippen molar-refractivity contribution in [3.63, 3.8) is 0 Å². The number of esters is 1. The predicted molar refractivity (Wildman–Crippen MR) is 44.1 cm³/mol. The van der Waals surface area contributed by atoms with Gasteiger partial charge in [0.2, 0.25) is 0 Å². The number of aliphatic hydroxyl groups is 3. The van der Waals surface area contributed by atoms with Gasteiger partial charge in [-0.15, -0.1) is 0 Å². The standard InChI is InChI=1S/C8H14O6/c1-3-7(14-4(2)9)5(10)6(11)8(12)13-3/h3,5-8,10-12H,1-2H3/t3-,5+,6+,7-,8-/m0/s1. The Morgan fingerprint density at radius 2 is 1.86 bits per heavy atom. The summed E-state index contributed by atoms with van der Waals surface area (Å²) in [5.41, 5.74) is 0. The highest BCUT2D eigenvalue weighted by Crippen LogP contribution is 2.21. The van der Waals surface area contributed by atoms with E-state index in [0.29, 0.717) is 0 Å². The molecule has 0 bridgehead atoms. The molecule has 0 radical (unpaired) electrons. The van der Waals surface area contributed by atoms with Crippen molar-refractivity contribution < 1.29 is 29.6 Å². The maximum atomic E-state index is 10.7. The van der Waals surface area contributed by atoms with Crippen molar-refractivity contribution in [1.82, 2.24) is 0 Å². The van der Waals surface area contributed by atoms with Gasteiger partial charge >= 0.3 is 5.97 Å². The highest BCUT2D eigenvalue weighted by Gasteiger charge is 2.43. The van der Waals surface area contributed by atoms with Gasteiger partial charge in [0.1, 0.15) is 12.2 Å². The SMILES string of the molecule is CC(=O)O[C@@H]1[C@H](O)[C@@H](O)[C@@H](O)O[C@H]1C. The lowest BCUT2D eigenvalue weighted by Crippen LogP contribution is -2.57. The molecule has 1 heterocycles. The van der Waals surface area contributed by atoms with Crippen LogP contribution in [0.3, 0.4) is 0 Å². The zero-order valence-electron chi connectivity index (χ0n) is 7.95. The Balaban J connectivity index is 2.68. The van der Waals surface area contributed by atoms with Gasteiger partial charge in [-0.05, 0) is 6.92 Å². The summed E-state index contributed by atoms with van der Waals surface area (Å²) in [6.07, 6.45) is -5.86. The van der Waals surface area contributed by atoms with E-state index in [1.165, 1.54) is 13.8 Å². The Hall–Kier alpha value is -0.690. The molecule has 0 amide bonds. The molecule has 1 fully saturated rings. The van der Waals surface area contributed by atoms with Crippen LogP contribution in [-0.2, 0) is 14.3 Å². The van der Waals surface area contributed by atoms with Crippen LogP contribution in [0.5, 0.6) is 0 Å². The number of hydrogen-bond donors (Lipinski definition) is 3. The topological polar surface area (TPSA) is 96.2 Å². The second-order valence-corrected chi connectivity index (χ2v) is 3.29. The minimum atomic E-state index is -1.46. The normalized spacial score (nSPS) is 43.4. The Labute approximate surface area is 81.1 Å². The number of carbonyl (C=O) groups is 1. The first-order valence-corrected chi connectivity index (χ1v) is 4.30. The van der Waals surface area contributed by atoms with E-state index < -0.39 is 36.7 Å². The summed E-state index contributed by atoms with van der Waals surface area (Å²) >= 11 is 0. The van der Waals surface area contributed by atoms with Crippen molar-refractivity contribution in [3.8, 4) is 0 Å². The van der Waals surface area contributed by atoms with Crippen LogP contribution in [0.1, 0.15) is 13.8 Å². The Morgan fingerprint density at radius 3 is 2.36 bits per heavy atom. The molecule has 0 aromatic carbocycles. The van der Waals surface area contributed by atoms with Gasteiger partial charge < -0.3 is 24.8 Å². The molecule has 6 nitrogen and oxygen atoms in total. The second-order valence-electron chi connectivity index (χ2n) is 3.29. The smallest absolute Gasteiger partial charge is 0.303 e. The lowest BCUT2D eigenvalue weighted by atomic mass is 10.00. The molecule has 3 N–H and O–H groups in total. The van der Waals surface area contributed by atoms with Crippen LogP contribution in [-0.4, -0.2) is 52.0 Å². The van der Waals surface area contributed by atoms with Crippen LogP contribution >= 0.6 is 0 Å². The van der Waals surface area contributed by atoms with Gasteiger partial charge in [-0.2, -0.15) is 0 Å². The molecule has 0 aliphatic carbocycles. The molecule has 0 aromatic rings. The molecule has 0 unspecified atom stereocenters. The molecule has 5 atom stereocenters. The third-order valence-corrected chi connectivity index (χ3v) is 2.10. The van der Waals surface area contributed by atoms with Gasteiger partial charge in [-0.25, -0.2) is 0 Å². The number of hydrogen-bond acceptors (Lipinski definition) is 6. The van der Waals surface area contributed by atoms with Crippen LogP contribution in [0.2, 0.25) is 0 Å². The first kappa shape index (κ1) is 11.4. The fraction of sp³-hybridized carbons (Fsp3) is 0.875. The number of aliphatic hydroxyl groups excluding tert-OH is 3. The molecular formula is C8H14O6. The van der Waals surface area contributed by atoms with E-state index in [2.05, 4.69) is 0 Å². The average molecular weight is 206 g/mol. The maximum absolute atomic E-state index is 10.7. The summed E-state index contributed by atoms with van der Waals surface area (Å²) in [4.78, 5) is 10.7. The number of carbonyl (C=O) groups excluding carboxylic acids is 1. The Morgan fingerprint density at radius 1 is 1.29 bits per heavy atom. The monoisotopic (exact) mass is 206 g/mol. The van der Waals surface area contributed by atoms with Crippen LogP contribution in [0.15, 0.2) is 0 Å². The molecule has 82 valence electrons. The van der Waals surface area contributed by atoms with Crippen molar-refractivity contribution in [2.24, 2.45) is 0 Å². The number of rotatable bonds is 1. The number of ether oxygens (including phenoxy) is 2. The summed E-state index contributed by atoms with van der Waals surface area (Å²) in [7, 11) is 0. The van der Waals surface area contributed by atoms with Crippen LogP contribution in [0.4, 0.5) is 0 Å². The van der Waals surface area contributed by atoms with Gasteiger partial charge in [0.25, 0.3) is 0 Å². The van der Waals surface area contributed by atoms with E-state index in [1.54, 1.807) is 0 Å². The molecule has 6 heteroatoms. The van der Waals surface area contributed by atoms with Crippen LogP contribution in [0, 0.1) is 0 Å². The molecule has 1 saturated heterocycles. The fourth-order valence-corrected chi connectivity index (χ4v) is 1.38. The highest BCUT2D eigenvalue weighted by atomic mass is 16.7. The minimum Gasteiger partial charge on any atom is -0.457 e. The molecule has 1 aliphatic heterocycles. The van der Waals surface area contributed by atoms with Gasteiger partial charge in [-0.3, -0.25) is 4.79 Å². The lowest BCUT2D eigenvalue weighted by molar-refractivity contribution is -0.281. The highest BCUT2D eigenvalue weighted by molar-refractivity contribution is 5.66. The molecular weight excluding hydrogens is 192 g/mol. The molecule has 0 saturated carbocycles. The maximum Gasteiger partial charge on any atom is 0.303 e. The molecule has 14 heavy (non-hydrogen) atoms. The first-order valence-electron chi connectivity index (χ1n) is 4.30. The third kappa shape index (κ3) is 2.21. The zero-order valence-corrected chi connectivity index (χ0v) is 7.95. The van der Waals surface area contributed by atoms with Crippen molar-refractivity contribution in [3.05, 3.63) is 0 Å². The van der Waals surface area contributed by atoms with Crippen molar-refractivity contribution in [2.75, 3.05) is 0 Å². The summed E-state index contributed by atoms with van der Waals surface area (Å²) in [5, 5.41) is 27.8. The summed E-state index contributed by atoms with van der Waals surface area (Å²) in [5.74, 6) is -0.576. The molecule has 0 aromatic heterocycles. The van der Waals surface area contributed by atoms with E-state index in [0.717, 1.165) is 0 Å². The van der Waals surface area contributed by atoms with Crippen LogP contribution in [0.25, 0.3) is 0 Å². The fourth-order valence-electron chi connectivity index (χ4n) is 1.38. The van der Waals surface area contributed by atoms with Crippen molar-refractivity contribution in [2.45, 2.75) is 44.6 Å². The summed E-state index contributed by atoms with van der Waals surface area (Å²) in [6.45, 7) is 2.72. The van der Waals surface area contributed by atoms with E-state index in [-0.39, 0.29) is 0 Å². The van der Waals surface area contributed by atoms with E-state index in [4.69, 9.17) is 14.6 Å². The van der Waals surface area contributed by atoms with Gasteiger partial charge in [0, 0.05) is 6.92 Å². The van der Waals surface area contributed by atoms with E-state index in [9.17, 15) is 15.0 Å². The zero-order chi connectivity index (χ0) is 10.9. The van der Waals surface area contributed by atoms with Gasteiger partial charge in [0.15, 0.2) is 12.4 Å². The van der Waals surface area contributed by atoms with Gasteiger partial charge in [-0.1, -0.05) is 0 Å². The summed E-state index contributed by atoms with van der Waals surface area (Å²) in [6, 6.07) is 0. The van der Waals surface area contributed by atoms with Crippen LogP contribution < -0.4 is 0 Å². The molecule has 0 spiro atoms. The van der Waals surface area contributed by atoms with Crippen molar-refractivity contribution in [1.29, 1.82) is 0 Å². The Kier molecular flexibility index (Phi) is 3.43. The van der Waals surface area contributed by atoms with Gasteiger partial charge in [0.05, 0.1) is 6.10 Å². The Bertz CT molecular complexity index is 218. The average Bonchev–Trinajstić information content (AvgIpc) is 2.09. The quantitative estimate of drug-likeness (QED) is 0.446. The summed E-state index contributed by atoms with van der Waals surface area (Å²) < 4.78 is 9.60. The minimum absolute atomic E-state index is 0.576. The lowest BCUT2D eigenvalue weighted by Gasteiger charge is -2.38. The first-order chi connectivity index (χ1) is 6.43. The largest absolute Gasteiger partial charge is 0.457 e.